The second kappa shape index (κ2) is 3.17. The molecule has 1 unspecified atom stereocenters. The average molecular weight is 169 g/mol. The van der Waals surface area contributed by atoms with Crippen LogP contribution in [0.15, 0.2) is 11.3 Å². The zero-order valence-electron chi connectivity index (χ0n) is 8.05. The monoisotopic (exact) mass is 169 g/mol. The summed E-state index contributed by atoms with van der Waals surface area (Å²) < 4.78 is 4.68. The topological polar surface area (TPSA) is 29.5 Å². The Morgan fingerprint density at radius 1 is 1.67 bits per heavy atom. The van der Waals surface area contributed by atoms with Crippen molar-refractivity contribution < 1.29 is 9.53 Å². The summed E-state index contributed by atoms with van der Waals surface area (Å²) in [5, 5.41) is 0. The second-order valence-electron chi connectivity index (χ2n) is 3.28. The molecule has 68 valence electrons. The lowest BCUT2D eigenvalue weighted by Gasteiger charge is -2.20. The fourth-order valence-electron chi connectivity index (χ4n) is 1.61. The van der Waals surface area contributed by atoms with E-state index in [9.17, 15) is 4.79 Å². The standard InChI is InChI=1S/C9H15NO2/c1-6-5-7(2)10(3)8(6)9(11)12-4/h7H,5H2,1-4H3. The molecule has 0 bridgehead atoms. The molecule has 0 fully saturated rings. The minimum absolute atomic E-state index is 0.223. The Labute approximate surface area is 73.0 Å². The van der Waals surface area contributed by atoms with Gasteiger partial charge in [0.05, 0.1) is 7.11 Å². The van der Waals surface area contributed by atoms with Crippen molar-refractivity contribution in [3.05, 3.63) is 11.3 Å². The lowest BCUT2D eigenvalue weighted by Crippen LogP contribution is -2.27. The van der Waals surface area contributed by atoms with Gasteiger partial charge in [-0.1, -0.05) is 0 Å². The number of methoxy groups -OCH3 is 1. The molecule has 0 aromatic rings. The van der Waals surface area contributed by atoms with E-state index in [1.54, 1.807) is 0 Å². The van der Waals surface area contributed by atoms with E-state index in [0.717, 1.165) is 17.7 Å². The van der Waals surface area contributed by atoms with E-state index in [1.165, 1.54) is 7.11 Å². The predicted octanol–water partition coefficient (Wildman–Crippen LogP) is 1.16. The molecule has 1 aliphatic heterocycles. The van der Waals surface area contributed by atoms with Gasteiger partial charge in [-0.15, -0.1) is 0 Å². The molecule has 0 aromatic heterocycles. The molecule has 0 aliphatic carbocycles. The Morgan fingerprint density at radius 3 is 2.58 bits per heavy atom. The first-order valence-electron chi connectivity index (χ1n) is 4.08. The van der Waals surface area contributed by atoms with E-state index in [4.69, 9.17) is 0 Å². The van der Waals surface area contributed by atoms with E-state index in [1.807, 2.05) is 18.9 Å². The molecule has 0 N–H and O–H groups in total. The van der Waals surface area contributed by atoms with Crippen molar-refractivity contribution in [1.82, 2.24) is 4.90 Å². The summed E-state index contributed by atoms with van der Waals surface area (Å²) in [7, 11) is 3.34. The third kappa shape index (κ3) is 1.31. The smallest absolute Gasteiger partial charge is 0.354 e. The minimum Gasteiger partial charge on any atom is -0.464 e. The van der Waals surface area contributed by atoms with Crippen molar-refractivity contribution >= 4 is 5.97 Å². The third-order valence-electron chi connectivity index (χ3n) is 2.40. The number of carbonyl (C=O) groups is 1. The van der Waals surface area contributed by atoms with Crippen molar-refractivity contribution in [1.29, 1.82) is 0 Å². The zero-order valence-corrected chi connectivity index (χ0v) is 8.05. The van der Waals surface area contributed by atoms with Crippen LogP contribution in [0, 0.1) is 0 Å². The van der Waals surface area contributed by atoms with Gasteiger partial charge in [0.2, 0.25) is 0 Å². The van der Waals surface area contributed by atoms with E-state index >= 15 is 0 Å². The zero-order chi connectivity index (χ0) is 9.30. The number of hydrogen-bond acceptors (Lipinski definition) is 3. The number of nitrogens with zero attached hydrogens (tertiary/aromatic N) is 1. The first-order valence-corrected chi connectivity index (χ1v) is 4.08. The molecule has 0 aromatic carbocycles. The normalized spacial score (nSPS) is 23.3. The molecule has 0 spiro atoms. The highest BCUT2D eigenvalue weighted by Crippen LogP contribution is 2.26. The molecule has 0 saturated carbocycles. The molecule has 0 radical (unpaired) electrons. The van der Waals surface area contributed by atoms with Crippen molar-refractivity contribution in [2.75, 3.05) is 14.2 Å². The van der Waals surface area contributed by atoms with Gasteiger partial charge in [-0.25, -0.2) is 4.79 Å². The second-order valence-corrected chi connectivity index (χ2v) is 3.28. The van der Waals surface area contributed by atoms with Crippen molar-refractivity contribution in [3.63, 3.8) is 0 Å². The molecular formula is C9H15NO2. The van der Waals surface area contributed by atoms with Gasteiger partial charge in [0, 0.05) is 13.1 Å². The minimum atomic E-state index is -0.223. The molecule has 0 saturated heterocycles. The lowest BCUT2D eigenvalue weighted by molar-refractivity contribution is -0.137. The Hall–Kier alpha value is -0.990. The fraction of sp³-hybridized carbons (Fsp3) is 0.667. The van der Waals surface area contributed by atoms with Crippen LogP contribution in [0.1, 0.15) is 20.3 Å². The van der Waals surface area contributed by atoms with Crippen LogP contribution in [-0.4, -0.2) is 31.1 Å². The van der Waals surface area contributed by atoms with Gasteiger partial charge in [-0.2, -0.15) is 0 Å². The van der Waals surface area contributed by atoms with Crippen molar-refractivity contribution in [3.8, 4) is 0 Å². The highest BCUT2D eigenvalue weighted by atomic mass is 16.5. The van der Waals surface area contributed by atoms with Crippen LogP contribution >= 0.6 is 0 Å². The third-order valence-corrected chi connectivity index (χ3v) is 2.40. The number of esters is 1. The number of carbonyl (C=O) groups excluding carboxylic acids is 1. The van der Waals surface area contributed by atoms with E-state index in [0.29, 0.717) is 6.04 Å². The van der Waals surface area contributed by atoms with Crippen molar-refractivity contribution in [2.24, 2.45) is 0 Å². The molecule has 1 aliphatic rings. The van der Waals surface area contributed by atoms with Crippen molar-refractivity contribution in [2.45, 2.75) is 26.3 Å². The maximum absolute atomic E-state index is 11.3. The summed E-state index contributed by atoms with van der Waals surface area (Å²) in [6.07, 6.45) is 0.959. The van der Waals surface area contributed by atoms with Gasteiger partial charge in [0.1, 0.15) is 5.70 Å². The van der Waals surface area contributed by atoms with E-state index < -0.39 is 0 Å². The summed E-state index contributed by atoms with van der Waals surface area (Å²) in [6, 6.07) is 0.416. The van der Waals surface area contributed by atoms with E-state index in [2.05, 4.69) is 11.7 Å². The van der Waals surface area contributed by atoms with Crippen LogP contribution in [0.5, 0.6) is 0 Å². The van der Waals surface area contributed by atoms with Crippen LogP contribution in [0.3, 0.4) is 0 Å². The molecule has 1 rings (SSSR count). The number of hydrogen-bond donors (Lipinski definition) is 0. The number of ether oxygens (including phenoxy) is 1. The van der Waals surface area contributed by atoms with Gasteiger partial charge in [0.25, 0.3) is 0 Å². The van der Waals surface area contributed by atoms with Crippen LogP contribution in [0.2, 0.25) is 0 Å². The van der Waals surface area contributed by atoms with Gasteiger partial charge in [0.15, 0.2) is 0 Å². The molecule has 1 heterocycles. The fourth-order valence-corrected chi connectivity index (χ4v) is 1.61. The highest BCUT2D eigenvalue weighted by Gasteiger charge is 2.28. The Morgan fingerprint density at radius 2 is 2.25 bits per heavy atom. The highest BCUT2D eigenvalue weighted by molar-refractivity contribution is 5.89. The van der Waals surface area contributed by atoms with Gasteiger partial charge in [-0.05, 0) is 25.8 Å². The molecular weight excluding hydrogens is 154 g/mol. The first kappa shape index (κ1) is 9.10. The number of likely N-dealkylation sites (N-methyl/N-ethyl adjacent to an activating group) is 1. The molecule has 3 heteroatoms. The molecule has 0 amide bonds. The predicted molar refractivity (Wildman–Crippen MR) is 46.6 cm³/mol. The quantitative estimate of drug-likeness (QED) is 0.552. The maximum atomic E-state index is 11.3. The van der Waals surface area contributed by atoms with Gasteiger partial charge < -0.3 is 9.64 Å². The Kier molecular flexibility index (Phi) is 2.40. The summed E-state index contributed by atoms with van der Waals surface area (Å²) in [6.45, 7) is 4.08. The van der Waals surface area contributed by atoms with Crippen LogP contribution in [0.4, 0.5) is 0 Å². The molecule has 12 heavy (non-hydrogen) atoms. The first-order chi connectivity index (χ1) is 5.57. The van der Waals surface area contributed by atoms with Crippen LogP contribution in [-0.2, 0) is 9.53 Å². The summed E-state index contributed by atoms with van der Waals surface area (Å²) in [4.78, 5) is 13.2. The van der Waals surface area contributed by atoms with E-state index in [-0.39, 0.29) is 5.97 Å². The van der Waals surface area contributed by atoms with Crippen LogP contribution < -0.4 is 0 Å². The largest absolute Gasteiger partial charge is 0.464 e. The summed E-state index contributed by atoms with van der Waals surface area (Å²) in [5.41, 5.74) is 1.85. The average Bonchev–Trinajstić information content (AvgIpc) is 2.26. The summed E-state index contributed by atoms with van der Waals surface area (Å²) >= 11 is 0. The van der Waals surface area contributed by atoms with Crippen LogP contribution in [0.25, 0.3) is 0 Å². The summed E-state index contributed by atoms with van der Waals surface area (Å²) in [5.74, 6) is -0.223. The molecule has 3 nitrogen and oxygen atoms in total. The van der Waals surface area contributed by atoms with Gasteiger partial charge in [-0.3, -0.25) is 0 Å². The maximum Gasteiger partial charge on any atom is 0.354 e. The van der Waals surface area contributed by atoms with Gasteiger partial charge >= 0.3 is 5.97 Å². The molecule has 1 atom stereocenters. The number of rotatable bonds is 1. The lowest BCUT2D eigenvalue weighted by atomic mass is 10.2. The Bertz CT molecular complexity index is 233. The Balaban J connectivity index is 2.87. The SMILES string of the molecule is COC(=O)C1=C(C)CC(C)N1C.